The quantitative estimate of drug-likeness (QED) is 0.489. The van der Waals surface area contributed by atoms with Crippen molar-refractivity contribution in [2.45, 2.75) is 18.5 Å². The second-order valence-corrected chi connectivity index (χ2v) is 5.93. The lowest BCUT2D eigenvalue weighted by Gasteiger charge is -2.15. The summed E-state index contributed by atoms with van der Waals surface area (Å²) < 4.78 is 40.6. The van der Waals surface area contributed by atoms with Gasteiger partial charge in [0.25, 0.3) is 0 Å². The van der Waals surface area contributed by atoms with E-state index in [0.717, 1.165) is 11.6 Å². The maximum Gasteiger partial charge on any atom is 0.233 e. The number of nitro groups is 1. The summed E-state index contributed by atoms with van der Waals surface area (Å²) >= 11 is 0. The van der Waals surface area contributed by atoms with Gasteiger partial charge in [0.05, 0.1) is 12.5 Å². The van der Waals surface area contributed by atoms with Crippen molar-refractivity contribution in [3.8, 4) is 0 Å². The van der Waals surface area contributed by atoms with Crippen LogP contribution in [-0.4, -0.2) is 29.0 Å². The van der Waals surface area contributed by atoms with Gasteiger partial charge >= 0.3 is 0 Å². The van der Waals surface area contributed by atoms with Crippen molar-refractivity contribution in [1.82, 2.24) is 4.90 Å². The Morgan fingerprint density at radius 1 is 1.04 bits per heavy atom. The molecule has 1 unspecified atom stereocenters. The van der Waals surface area contributed by atoms with Gasteiger partial charge in [-0.3, -0.25) is 15.0 Å². The molecule has 3 rings (SSSR count). The van der Waals surface area contributed by atoms with Crippen molar-refractivity contribution in [2.75, 3.05) is 13.1 Å². The molecule has 2 aromatic carbocycles. The van der Waals surface area contributed by atoms with Crippen LogP contribution < -0.4 is 0 Å². The summed E-state index contributed by atoms with van der Waals surface area (Å²) in [5.41, 5.74) is 0.831. The number of hydrogen-bond donors (Lipinski definition) is 0. The van der Waals surface area contributed by atoms with Crippen LogP contribution in [0.2, 0.25) is 0 Å². The van der Waals surface area contributed by atoms with Crippen LogP contribution in [0.3, 0.4) is 0 Å². The van der Waals surface area contributed by atoms with Gasteiger partial charge in [0.2, 0.25) is 6.04 Å². The molecule has 1 aliphatic rings. The molecule has 4 nitrogen and oxygen atoms in total. The third-order valence-corrected chi connectivity index (χ3v) is 4.32. The van der Waals surface area contributed by atoms with Crippen LogP contribution >= 0.6 is 0 Å². The van der Waals surface area contributed by atoms with Crippen LogP contribution in [-0.2, 0) is 6.54 Å². The Balaban J connectivity index is 1.86. The number of halogens is 3. The molecular formula is C17H15F3N2O2. The highest BCUT2D eigenvalue weighted by molar-refractivity contribution is 5.27. The SMILES string of the molecule is O=[N+]([O-])C1CN(Cc2ccccc2)C[C@@H]1c1cc(F)c(F)cc1F. The van der Waals surface area contributed by atoms with Crippen LogP contribution in [0.1, 0.15) is 17.0 Å². The van der Waals surface area contributed by atoms with E-state index in [1.54, 1.807) is 0 Å². The maximum atomic E-state index is 14.0. The van der Waals surface area contributed by atoms with E-state index in [1.165, 1.54) is 0 Å². The van der Waals surface area contributed by atoms with E-state index < -0.39 is 34.3 Å². The topological polar surface area (TPSA) is 46.4 Å². The van der Waals surface area contributed by atoms with Gasteiger partial charge in [-0.05, 0) is 11.6 Å². The van der Waals surface area contributed by atoms with E-state index in [-0.39, 0.29) is 18.7 Å². The second kappa shape index (κ2) is 6.60. The van der Waals surface area contributed by atoms with E-state index >= 15 is 0 Å². The number of benzene rings is 2. The molecule has 1 heterocycles. The van der Waals surface area contributed by atoms with Gasteiger partial charge in [0, 0.05) is 29.6 Å². The summed E-state index contributed by atoms with van der Waals surface area (Å²) in [6.45, 7) is 0.820. The van der Waals surface area contributed by atoms with Crippen molar-refractivity contribution in [2.24, 2.45) is 0 Å². The number of nitrogens with zero attached hydrogens (tertiary/aromatic N) is 2. The number of likely N-dealkylation sites (tertiary alicyclic amines) is 1. The molecule has 126 valence electrons. The Bertz CT molecular complexity index is 755. The van der Waals surface area contributed by atoms with Crippen LogP contribution in [0.15, 0.2) is 42.5 Å². The molecule has 0 bridgehead atoms. The largest absolute Gasteiger partial charge is 0.292 e. The first-order valence-corrected chi connectivity index (χ1v) is 7.50. The highest BCUT2D eigenvalue weighted by Crippen LogP contribution is 2.33. The highest BCUT2D eigenvalue weighted by Gasteiger charge is 2.43. The van der Waals surface area contributed by atoms with Crippen molar-refractivity contribution >= 4 is 0 Å². The standard InChI is InChI=1S/C17H15F3N2O2/c18-14-7-16(20)15(19)6-12(14)13-9-21(10-17(13)22(23)24)8-11-4-2-1-3-5-11/h1-7,13,17H,8-10H2/t13-,17?/m1/s1. The second-order valence-electron chi connectivity index (χ2n) is 5.93. The van der Waals surface area contributed by atoms with Gasteiger partial charge < -0.3 is 0 Å². The molecule has 0 aliphatic carbocycles. The number of hydrogen-bond acceptors (Lipinski definition) is 3. The predicted molar refractivity (Wildman–Crippen MR) is 81.6 cm³/mol. The van der Waals surface area contributed by atoms with Gasteiger partial charge in [-0.1, -0.05) is 30.3 Å². The Morgan fingerprint density at radius 3 is 2.38 bits per heavy atom. The normalized spacial score (nSPS) is 21.1. The maximum absolute atomic E-state index is 14.0. The van der Waals surface area contributed by atoms with E-state index in [9.17, 15) is 23.3 Å². The summed E-state index contributed by atoms with van der Waals surface area (Å²) in [5.74, 6) is -4.27. The number of rotatable bonds is 4. The third-order valence-electron chi connectivity index (χ3n) is 4.32. The molecule has 7 heteroatoms. The average Bonchev–Trinajstić information content (AvgIpc) is 2.96. The van der Waals surface area contributed by atoms with Crippen molar-refractivity contribution < 1.29 is 18.1 Å². The third kappa shape index (κ3) is 3.26. The van der Waals surface area contributed by atoms with Gasteiger partial charge in [-0.2, -0.15) is 0 Å². The summed E-state index contributed by atoms with van der Waals surface area (Å²) in [6.07, 6.45) is 0. The Labute approximate surface area is 136 Å². The molecule has 1 aliphatic heterocycles. The zero-order valence-electron chi connectivity index (χ0n) is 12.7. The fourth-order valence-corrected chi connectivity index (χ4v) is 3.18. The molecule has 2 atom stereocenters. The average molecular weight is 336 g/mol. The first-order valence-electron chi connectivity index (χ1n) is 7.50. The molecule has 0 N–H and O–H groups in total. The molecule has 24 heavy (non-hydrogen) atoms. The molecule has 0 aromatic heterocycles. The fourth-order valence-electron chi connectivity index (χ4n) is 3.18. The molecule has 1 fully saturated rings. The lowest BCUT2D eigenvalue weighted by Crippen LogP contribution is -2.28. The lowest BCUT2D eigenvalue weighted by atomic mass is 9.94. The van der Waals surface area contributed by atoms with Crippen LogP contribution in [0.5, 0.6) is 0 Å². The summed E-state index contributed by atoms with van der Waals surface area (Å²) in [7, 11) is 0. The van der Waals surface area contributed by atoms with E-state index in [2.05, 4.69) is 0 Å². The van der Waals surface area contributed by atoms with E-state index in [0.29, 0.717) is 12.6 Å². The summed E-state index contributed by atoms with van der Waals surface area (Å²) in [6, 6.07) is 9.50. The van der Waals surface area contributed by atoms with Gasteiger partial charge in [-0.15, -0.1) is 0 Å². The highest BCUT2D eigenvalue weighted by atomic mass is 19.2. The zero-order chi connectivity index (χ0) is 17.3. The fraction of sp³-hybridized carbons (Fsp3) is 0.294. The van der Waals surface area contributed by atoms with E-state index in [4.69, 9.17) is 0 Å². The molecule has 1 saturated heterocycles. The molecule has 0 saturated carbocycles. The zero-order valence-corrected chi connectivity index (χ0v) is 12.7. The summed E-state index contributed by atoms with van der Waals surface area (Å²) in [5, 5.41) is 11.3. The van der Waals surface area contributed by atoms with Crippen molar-refractivity contribution in [3.05, 3.63) is 81.2 Å². The minimum Gasteiger partial charge on any atom is -0.292 e. The Morgan fingerprint density at radius 2 is 1.71 bits per heavy atom. The molecular weight excluding hydrogens is 321 g/mol. The van der Waals surface area contributed by atoms with Gasteiger partial charge in [0.15, 0.2) is 11.6 Å². The minimum atomic E-state index is -1.30. The van der Waals surface area contributed by atoms with Gasteiger partial charge in [-0.25, -0.2) is 13.2 Å². The van der Waals surface area contributed by atoms with Crippen LogP contribution in [0.25, 0.3) is 0 Å². The molecule has 0 radical (unpaired) electrons. The van der Waals surface area contributed by atoms with E-state index in [1.807, 2.05) is 35.2 Å². The van der Waals surface area contributed by atoms with Crippen LogP contribution in [0, 0.1) is 27.6 Å². The van der Waals surface area contributed by atoms with Crippen molar-refractivity contribution in [3.63, 3.8) is 0 Å². The Hall–Kier alpha value is -2.41. The molecule has 0 amide bonds. The smallest absolute Gasteiger partial charge is 0.233 e. The predicted octanol–water partition coefficient (Wildman–Crippen LogP) is 3.35. The molecule has 0 spiro atoms. The van der Waals surface area contributed by atoms with Crippen LogP contribution in [0.4, 0.5) is 13.2 Å². The lowest BCUT2D eigenvalue weighted by molar-refractivity contribution is -0.521. The monoisotopic (exact) mass is 336 g/mol. The van der Waals surface area contributed by atoms with Crippen molar-refractivity contribution in [1.29, 1.82) is 0 Å². The molecule has 2 aromatic rings. The Kier molecular flexibility index (Phi) is 4.53. The van der Waals surface area contributed by atoms with Gasteiger partial charge in [0.1, 0.15) is 5.82 Å². The summed E-state index contributed by atoms with van der Waals surface area (Å²) in [4.78, 5) is 12.7. The first kappa shape index (κ1) is 16.4. The first-order chi connectivity index (χ1) is 11.5. The minimum absolute atomic E-state index is 0.130.